The van der Waals surface area contributed by atoms with E-state index in [2.05, 4.69) is 54.7 Å². The monoisotopic (exact) mass is 444 g/mol. The highest BCUT2D eigenvalue weighted by atomic mass is 28.4. The minimum Gasteiger partial charge on any atom is -0.466 e. The van der Waals surface area contributed by atoms with Crippen LogP contribution in [0.3, 0.4) is 0 Å². The van der Waals surface area contributed by atoms with Crippen molar-refractivity contribution in [2.75, 3.05) is 7.11 Å². The Hall–Kier alpha value is -0.736. The third-order valence-electron chi connectivity index (χ3n) is 6.50. The van der Waals surface area contributed by atoms with Gasteiger partial charge in [-0.15, -0.1) is 6.58 Å². The van der Waals surface area contributed by atoms with Crippen LogP contribution >= 0.6 is 0 Å². The number of hydrogen-bond donors (Lipinski definition) is 1. The van der Waals surface area contributed by atoms with Gasteiger partial charge in [0.15, 0.2) is 16.6 Å². The summed E-state index contributed by atoms with van der Waals surface area (Å²) in [6.45, 7) is 20.8. The predicted octanol–water partition coefficient (Wildman–Crippen LogP) is 5.43. The fourth-order valence-corrected chi connectivity index (χ4v) is 9.46. The van der Waals surface area contributed by atoms with Crippen molar-refractivity contribution in [1.82, 2.24) is 0 Å². The van der Waals surface area contributed by atoms with Crippen LogP contribution in [-0.4, -0.2) is 53.1 Å². The lowest BCUT2D eigenvalue weighted by Crippen LogP contribution is -2.53. The number of aliphatic hydroxyl groups is 1. The maximum Gasteiger partial charge on any atom is 0.333 e. The van der Waals surface area contributed by atoms with Crippen LogP contribution in [0.2, 0.25) is 36.3 Å². The van der Waals surface area contributed by atoms with Crippen molar-refractivity contribution in [2.24, 2.45) is 0 Å². The zero-order chi connectivity index (χ0) is 22.7. The minimum atomic E-state index is -2.03. The summed E-state index contributed by atoms with van der Waals surface area (Å²) in [6.07, 6.45) is -0.0580. The van der Waals surface area contributed by atoms with E-state index in [0.717, 1.165) is 36.3 Å². The Morgan fingerprint density at radius 3 is 1.69 bits per heavy atom. The molecule has 3 atom stereocenters. The summed E-state index contributed by atoms with van der Waals surface area (Å²) in [7, 11) is -2.66. The Labute approximate surface area is 180 Å². The molecule has 0 aromatic carbocycles. The number of hydrogen-bond acceptors (Lipinski definition) is 5. The zero-order valence-corrected chi connectivity index (χ0v) is 21.8. The van der Waals surface area contributed by atoms with Crippen LogP contribution in [-0.2, 0) is 18.4 Å². The molecule has 0 radical (unpaired) electrons. The van der Waals surface area contributed by atoms with Gasteiger partial charge in [0.25, 0.3) is 0 Å². The van der Waals surface area contributed by atoms with Gasteiger partial charge in [-0.2, -0.15) is 0 Å². The number of ether oxygens (including phenoxy) is 1. The van der Waals surface area contributed by atoms with Gasteiger partial charge in [-0.3, -0.25) is 0 Å². The molecule has 0 spiro atoms. The van der Waals surface area contributed by atoms with E-state index in [0.29, 0.717) is 0 Å². The number of aliphatic hydroxyl groups excluding tert-OH is 1. The molecule has 0 saturated carbocycles. The van der Waals surface area contributed by atoms with E-state index in [1.807, 2.05) is 0 Å². The Balaban J connectivity index is 5.93. The molecule has 0 aromatic rings. The van der Waals surface area contributed by atoms with Crippen LogP contribution < -0.4 is 0 Å². The molecular formula is C22H44O5Si2. The van der Waals surface area contributed by atoms with Gasteiger partial charge in [0.05, 0.1) is 25.4 Å². The van der Waals surface area contributed by atoms with Gasteiger partial charge in [0.2, 0.25) is 0 Å². The maximum atomic E-state index is 11.8. The maximum absolute atomic E-state index is 11.8. The number of rotatable bonds is 16. The number of carbonyl (C=O) groups excluding carboxylic acids is 1. The molecule has 0 aromatic heterocycles. The first-order valence-corrected chi connectivity index (χ1v) is 16.2. The van der Waals surface area contributed by atoms with Gasteiger partial charge < -0.3 is 18.7 Å². The molecule has 29 heavy (non-hydrogen) atoms. The fourth-order valence-electron chi connectivity index (χ4n) is 3.79. The molecule has 0 aliphatic heterocycles. The van der Waals surface area contributed by atoms with Gasteiger partial charge >= 0.3 is 5.97 Å². The van der Waals surface area contributed by atoms with Gasteiger partial charge in [-0.05, 0) is 36.3 Å². The van der Waals surface area contributed by atoms with Crippen LogP contribution in [0.1, 0.15) is 48.0 Å². The second-order valence-electron chi connectivity index (χ2n) is 7.75. The summed E-state index contributed by atoms with van der Waals surface area (Å²) < 4.78 is 18.1. The van der Waals surface area contributed by atoms with E-state index in [1.54, 1.807) is 6.08 Å². The molecule has 7 heteroatoms. The predicted molar refractivity (Wildman–Crippen MR) is 126 cm³/mol. The summed E-state index contributed by atoms with van der Waals surface area (Å²) in [6, 6.07) is 5.88. The first-order valence-electron chi connectivity index (χ1n) is 11.1. The molecular weight excluding hydrogens is 400 g/mol. The molecule has 0 amide bonds. The lowest BCUT2D eigenvalue weighted by atomic mass is 10.0. The summed E-state index contributed by atoms with van der Waals surface area (Å²) in [5.41, 5.74) is 0.234. The highest BCUT2D eigenvalue weighted by molar-refractivity contribution is 6.74. The molecule has 0 saturated heterocycles. The lowest BCUT2D eigenvalue weighted by Gasteiger charge is -2.41. The van der Waals surface area contributed by atoms with Crippen LogP contribution in [0.15, 0.2) is 24.8 Å². The second-order valence-corrected chi connectivity index (χ2v) is 17.2. The van der Waals surface area contributed by atoms with Gasteiger partial charge in [0.1, 0.15) is 0 Å². The van der Waals surface area contributed by atoms with Crippen molar-refractivity contribution in [1.29, 1.82) is 0 Å². The number of esters is 1. The normalized spacial score (nSPS) is 15.4. The fraction of sp³-hybridized carbons (Fsp3) is 0.773. The molecule has 0 fully saturated rings. The average Bonchev–Trinajstić information content (AvgIpc) is 2.76. The molecule has 0 aliphatic rings. The van der Waals surface area contributed by atoms with Gasteiger partial charge in [-0.1, -0.05) is 54.2 Å². The summed E-state index contributed by atoms with van der Waals surface area (Å²) in [5, 5.41) is 11.1. The number of methoxy groups -OCH3 is 1. The SMILES string of the molecule is C=C[C@@H](O[Si](CC)(CC)CC)[C@H](O[Si](CC)(CC)CC)[C@@H](O)CC(=C)C(=O)OC. The van der Waals surface area contributed by atoms with E-state index < -0.39 is 40.9 Å². The van der Waals surface area contributed by atoms with E-state index in [9.17, 15) is 9.90 Å². The lowest BCUT2D eigenvalue weighted by molar-refractivity contribution is -0.136. The Morgan fingerprint density at radius 2 is 1.34 bits per heavy atom. The molecule has 0 aliphatic carbocycles. The molecule has 5 nitrogen and oxygen atoms in total. The van der Waals surface area contributed by atoms with Crippen LogP contribution in [0, 0.1) is 0 Å². The van der Waals surface area contributed by atoms with Crippen molar-refractivity contribution in [3.05, 3.63) is 24.8 Å². The topological polar surface area (TPSA) is 65.0 Å². The molecule has 1 N–H and O–H groups in total. The first-order chi connectivity index (χ1) is 13.7. The molecule has 170 valence electrons. The van der Waals surface area contributed by atoms with E-state index >= 15 is 0 Å². The Bertz CT molecular complexity index is 499. The van der Waals surface area contributed by atoms with E-state index in [-0.39, 0.29) is 12.0 Å². The van der Waals surface area contributed by atoms with Gasteiger partial charge in [0, 0.05) is 12.0 Å². The summed E-state index contributed by atoms with van der Waals surface area (Å²) in [4.78, 5) is 11.8. The Kier molecular flexibility index (Phi) is 13.2. The molecule has 0 rings (SSSR count). The molecule has 0 bridgehead atoms. The van der Waals surface area contributed by atoms with Gasteiger partial charge in [-0.25, -0.2) is 4.79 Å². The van der Waals surface area contributed by atoms with Crippen LogP contribution in [0.4, 0.5) is 0 Å². The van der Waals surface area contributed by atoms with E-state index in [4.69, 9.17) is 13.6 Å². The zero-order valence-electron chi connectivity index (χ0n) is 19.8. The molecule has 0 heterocycles. The highest BCUT2D eigenvalue weighted by Gasteiger charge is 2.41. The van der Waals surface area contributed by atoms with Crippen LogP contribution in [0.25, 0.3) is 0 Å². The second kappa shape index (κ2) is 13.5. The van der Waals surface area contributed by atoms with Crippen molar-refractivity contribution < 1.29 is 23.5 Å². The summed E-state index contributed by atoms with van der Waals surface area (Å²) >= 11 is 0. The highest BCUT2D eigenvalue weighted by Crippen LogP contribution is 2.31. The van der Waals surface area contributed by atoms with Crippen molar-refractivity contribution in [3.8, 4) is 0 Å². The standard InChI is InChI=1S/C22H44O5Si2/c1-10-20(26-28(11-2,12-3)13-4)21(27-29(14-5,15-6)16-7)19(23)17-18(8)22(24)25-9/h10,19-21,23H,1,8,11-17H2,2-7,9H3/t19-,20+,21+/m0/s1. The Morgan fingerprint density at radius 1 is 0.931 bits per heavy atom. The van der Waals surface area contributed by atoms with Crippen molar-refractivity contribution in [3.63, 3.8) is 0 Å². The van der Waals surface area contributed by atoms with Crippen LogP contribution in [0.5, 0.6) is 0 Å². The quantitative estimate of drug-likeness (QED) is 0.149. The van der Waals surface area contributed by atoms with Crippen molar-refractivity contribution in [2.45, 2.75) is 103 Å². The minimum absolute atomic E-state index is 0.0889. The molecule has 0 unspecified atom stereocenters. The largest absolute Gasteiger partial charge is 0.466 e. The smallest absolute Gasteiger partial charge is 0.333 e. The van der Waals surface area contributed by atoms with Crippen molar-refractivity contribution >= 4 is 22.6 Å². The summed E-state index contributed by atoms with van der Waals surface area (Å²) in [5.74, 6) is -0.511. The third kappa shape index (κ3) is 7.79. The first kappa shape index (κ1) is 28.3. The third-order valence-corrected chi connectivity index (χ3v) is 15.8. The average molecular weight is 445 g/mol. The van der Waals surface area contributed by atoms with E-state index in [1.165, 1.54) is 7.11 Å². The number of carbonyl (C=O) groups is 1.